The van der Waals surface area contributed by atoms with Crippen molar-refractivity contribution >= 4 is 52.1 Å². The Morgan fingerprint density at radius 3 is 2.42 bits per heavy atom. The second kappa shape index (κ2) is 8.78. The highest BCUT2D eigenvalue weighted by Gasteiger charge is 2.29. The van der Waals surface area contributed by atoms with Gasteiger partial charge in [0, 0.05) is 42.8 Å². The van der Waals surface area contributed by atoms with E-state index < -0.39 is 4.92 Å². The summed E-state index contributed by atoms with van der Waals surface area (Å²) in [6.07, 6.45) is 0. The van der Waals surface area contributed by atoms with Gasteiger partial charge in [-0.3, -0.25) is 14.9 Å². The van der Waals surface area contributed by atoms with Crippen LogP contribution in [0.4, 0.5) is 11.4 Å². The van der Waals surface area contributed by atoms with E-state index in [1.807, 2.05) is 4.90 Å². The van der Waals surface area contributed by atoms with E-state index in [4.69, 9.17) is 39.2 Å². The number of para-hydroxylation sites is 1. The minimum absolute atomic E-state index is 0.0543. The molecule has 2 aromatic carbocycles. The molecule has 1 amide bonds. The zero-order valence-corrected chi connectivity index (χ0v) is 18.3. The van der Waals surface area contributed by atoms with E-state index in [0.717, 1.165) is 0 Å². The molecule has 0 spiro atoms. The van der Waals surface area contributed by atoms with Gasteiger partial charge >= 0.3 is 0 Å². The molecule has 160 valence electrons. The number of nitro groups is 1. The first-order valence-electron chi connectivity index (χ1n) is 9.37. The van der Waals surface area contributed by atoms with Crippen LogP contribution in [0.25, 0.3) is 11.3 Å². The first-order valence-corrected chi connectivity index (χ1v) is 10.5. The molecule has 31 heavy (non-hydrogen) atoms. The van der Waals surface area contributed by atoms with Crippen molar-refractivity contribution < 1.29 is 14.1 Å². The highest BCUT2D eigenvalue weighted by Crippen LogP contribution is 2.36. The molecule has 2 heterocycles. The third kappa shape index (κ3) is 4.35. The van der Waals surface area contributed by atoms with Crippen LogP contribution in [0.2, 0.25) is 15.1 Å². The minimum Gasteiger partial charge on any atom is -0.451 e. The molecule has 3 aromatic rings. The second-order valence-corrected chi connectivity index (χ2v) is 8.18. The fraction of sp³-hybridized carbons (Fsp3) is 0.190. The third-order valence-corrected chi connectivity index (χ3v) is 5.93. The average Bonchev–Trinajstić information content (AvgIpc) is 3.25. The van der Waals surface area contributed by atoms with E-state index in [0.29, 0.717) is 58.3 Å². The zero-order valence-electron chi connectivity index (χ0n) is 16.1. The molecule has 0 atom stereocenters. The summed E-state index contributed by atoms with van der Waals surface area (Å²) >= 11 is 18.5. The number of benzene rings is 2. The molecule has 7 nitrogen and oxygen atoms in total. The lowest BCUT2D eigenvalue weighted by Crippen LogP contribution is -2.49. The Morgan fingerprint density at radius 2 is 1.71 bits per heavy atom. The highest BCUT2D eigenvalue weighted by atomic mass is 35.5. The summed E-state index contributed by atoms with van der Waals surface area (Å²) in [5.74, 6) is 0.363. The highest BCUT2D eigenvalue weighted by molar-refractivity contribution is 6.35. The van der Waals surface area contributed by atoms with Crippen molar-refractivity contribution in [2.24, 2.45) is 0 Å². The fourth-order valence-corrected chi connectivity index (χ4v) is 4.21. The molecule has 0 N–H and O–H groups in total. The van der Waals surface area contributed by atoms with Crippen molar-refractivity contribution in [1.29, 1.82) is 0 Å². The first-order chi connectivity index (χ1) is 14.8. The number of carbonyl (C=O) groups excluding carboxylic acids is 1. The van der Waals surface area contributed by atoms with Gasteiger partial charge in [-0.05, 0) is 36.4 Å². The molecule has 0 radical (unpaired) electrons. The molecule has 1 fully saturated rings. The number of carbonyl (C=O) groups is 1. The lowest BCUT2D eigenvalue weighted by molar-refractivity contribution is -0.384. The summed E-state index contributed by atoms with van der Waals surface area (Å²) in [6.45, 7) is 1.55. The smallest absolute Gasteiger partial charge is 0.294 e. The maximum Gasteiger partial charge on any atom is 0.294 e. The van der Waals surface area contributed by atoms with Crippen molar-refractivity contribution in [1.82, 2.24) is 4.90 Å². The van der Waals surface area contributed by atoms with Gasteiger partial charge in [0.15, 0.2) is 5.76 Å². The quantitative estimate of drug-likeness (QED) is 0.349. The van der Waals surface area contributed by atoms with Crippen molar-refractivity contribution in [2.75, 3.05) is 31.1 Å². The molecule has 1 aliphatic rings. The van der Waals surface area contributed by atoms with Gasteiger partial charge in [-0.15, -0.1) is 0 Å². The van der Waals surface area contributed by atoms with Gasteiger partial charge in [-0.25, -0.2) is 0 Å². The zero-order chi connectivity index (χ0) is 22.1. The van der Waals surface area contributed by atoms with Gasteiger partial charge < -0.3 is 14.2 Å². The van der Waals surface area contributed by atoms with E-state index in [-0.39, 0.29) is 17.4 Å². The maximum atomic E-state index is 12.9. The minimum atomic E-state index is -0.454. The molecule has 0 saturated carbocycles. The van der Waals surface area contributed by atoms with Crippen LogP contribution in [0.1, 0.15) is 10.6 Å². The number of nitro benzene ring substituents is 1. The number of anilines is 1. The Hall–Kier alpha value is -2.74. The Kier molecular flexibility index (Phi) is 6.09. The number of piperazine rings is 1. The molecule has 0 unspecified atom stereocenters. The molecule has 4 rings (SSSR count). The van der Waals surface area contributed by atoms with E-state index in [9.17, 15) is 14.9 Å². The average molecular weight is 481 g/mol. The number of amides is 1. The van der Waals surface area contributed by atoms with Crippen LogP contribution < -0.4 is 4.90 Å². The Balaban J connectivity index is 1.48. The summed E-state index contributed by atoms with van der Waals surface area (Å²) in [4.78, 5) is 27.3. The topological polar surface area (TPSA) is 79.8 Å². The number of furan rings is 1. The van der Waals surface area contributed by atoms with Crippen molar-refractivity contribution in [2.45, 2.75) is 0 Å². The van der Waals surface area contributed by atoms with Gasteiger partial charge in [0.05, 0.1) is 15.0 Å². The molecule has 1 aromatic heterocycles. The van der Waals surface area contributed by atoms with Crippen LogP contribution in [-0.2, 0) is 0 Å². The van der Waals surface area contributed by atoms with E-state index in [2.05, 4.69) is 0 Å². The lowest BCUT2D eigenvalue weighted by Gasteiger charge is -2.35. The fourth-order valence-electron chi connectivity index (χ4n) is 3.54. The molecular formula is C21H16Cl3N3O4. The number of hydrogen-bond donors (Lipinski definition) is 0. The van der Waals surface area contributed by atoms with Crippen LogP contribution in [-0.4, -0.2) is 41.9 Å². The van der Waals surface area contributed by atoms with Crippen LogP contribution in [0, 0.1) is 10.1 Å². The maximum absolute atomic E-state index is 12.9. The lowest BCUT2D eigenvalue weighted by atomic mass is 10.2. The standard InChI is InChI=1S/C21H16Cl3N3O4/c22-13-4-5-15(23)14(12-13)18-6-7-19(31-18)21(28)26-10-8-25(9-11-26)20-16(24)2-1-3-17(20)27(29)30/h1-7,12H,8-11H2. The summed E-state index contributed by atoms with van der Waals surface area (Å²) < 4.78 is 5.74. The normalized spacial score (nSPS) is 14.0. The van der Waals surface area contributed by atoms with Crippen molar-refractivity contribution in [3.8, 4) is 11.3 Å². The van der Waals surface area contributed by atoms with E-state index >= 15 is 0 Å². The van der Waals surface area contributed by atoms with Crippen LogP contribution in [0.3, 0.4) is 0 Å². The Bertz CT molecular complexity index is 1160. The molecule has 0 aliphatic carbocycles. The predicted octanol–water partition coefficient (Wildman–Crippen LogP) is 5.78. The van der Waals surface area contributed by atoms with Gasteiger partial charge in [0.1, 0.15) is 11.4 Å². The Morgan fingerprint density at radius 1 is 0.968 bits per heavy atom. The predicted molar refractivity (Wildman–Crippen MR) is 120 cm³/mol. The third-order valence-electron chi connectivity index (χ3n) is 5.06. The van der Waals surface area contributed by atoms with Crippen LogP contribution >= 0.6 is 34.8 Å². The number of nitrogens with zero attached hydrogens (tertiary/aromatic N) is 3. The van der Waals surface area contributed by atoms with Crippen LogP contribution in [0.15, 0.2) is 52.9 Å². The summed E-state index contributed by atoms with van der Waals surface area (Å²) in [6, 6.07) is 12.9. The Labute approximate surface area is 192 Å². The van der Waals surface area contributed by atoms with Gasteiger partial charge in [-0.1, -0.05) is 40.9 Å². The summed E-state index contributed by atoms with van der Waals surface area (Å²) in [5.41, 5.74) is 0.919. The monoisotopic (exact) mass is 479 g/mol. The van der Waals surface area contributed by atoms with Crippen molar-refractivity contribution in [3.05, 3.63) is 79.5 Å². The van der Waals surface area contributed by atoms with Crippen molar-refractivity contribution in [3.63, 3.8) is 0 Å². The van der Waals surface area contributed by atoms with Gasteiger partial charge in [-0.2, -0.15) is 0 Å². The summed E-state index contributed by atoms with van der Waals surface area (Å²) in [5, 5.41) is 12.6. The molecule has 1 aliphatic heterocycles. The SMILES string of the molecule is O=C(c1ccc(-c2cc(Cl)ccc2Cl)o1)N1CCN(c2c(Cl)cccc2[N+](=O)[O-])CC1. The number of rotatable bonds is 4. The number of hydrogen-bond acceptors (Lipinski definition) is 5. The first kappa shape index (κ1) is 21.5. The molecular weight excluding hydrogens is 465 g/mol. The van der Waals surface area contributed by atoms with Gasteiger partial charge in [0.25, 0.3) is 11.6 Å². The number of halogens is 3. The van der Waals surface area contributed by atoms with E-state index in [1.54, 1.807) is 47.4 Å². The van der Waals surface area contributed by atoms with Crippen LogP contribution in [0.5, 0.6) is 0 Å². The van der Waals surface area contributed by atoms with Gasteiger partial charge in [0.2, 0.25) is 0 Å². The summed E-state index contributed by atoms with van der Waals surface area (Å²) in [7, 11) is 0. The molecule has 1 saturated heterocycles. The largest absolute Gasteiger partial charge is 0.451 e. The second-order valence-electron chi connectivity index (χ2n) is 6.93. The molecule has 0 bridgehead atoms. The van der Waals surface area contributed by atoms with E-state index in [1.165, 1.54) is 6.07 Å². The molecule has 10 heteroatoms.